The maximum Gasteiger partial charge on any atom is 0.255 e. The minimum absolute atomic E-state index is 0.0454. The SMILES string of the molecule is O=C(c1cccnc1)N1CCc2[nH]c3cc(-c4ccccc4)ccc3c2C1. The van der Waals surface area contributed by atoms with Crippen LogP contribution in [0.25, 0.3) is 22.0 Å². The van der Waals surface area contributed by atoms with Gasteiger partial charge in [-0.3, -0.25) is 9.78 Å². The number of carbonyl (C=O) groups is 1. The van der Waals surface area contributed by atoms with E-state index in [0.717, 1.165) is 18.5 Å². The Morgan fingerprint density at radius 3 is 2.70 bits per heavy atom. The van der Waals surface area contributed by atoms with Crippen LogP contribution in [0.5, 0.6) is 0 Å². The van der Waals surface area contributed by atoms with Crippen LogP contribution in [0.2, 0.25) is 0 Å². The van der Waals surface area contributed by atoms with Crippen LogP contribution in [-0.4, -0.2) is 27.3 Å². The maximum atomic E-state index is 12.8. The molecule has 0 spiro atoms. The van der Waals surface area contributed by atoms with E-state index in [1.54, 1.807) is 18.5 Å². The summed E-state index contributed by atoms with van der Waals surface area (Å²) in [6.45, 7) is 1.35. The number of nitrogens with one attached hydrogen (secondary N) is 1. The first-order chi connectivity index (χ1) is 13.3. The molecule has 0 unspecified atom stereocenters. The van der Waals surface area contributed by atoms with Crippen LogP contribution in [0.1, 0.15) is 21.6 Å². The highest BCUT2D eigenvalue weighted by Gasteiger charge is 2.25. The molecule has 1 N–H and O–H groups in total. The van der Waals surface area contributed by atoms with Crippen molar-refractivity contribution in [2.75, 3.05) is 6.54 Å². The lowest BCUT2D eigenvalue weighted by atomic mass is 10.0. The smallest absolute Gasteiger partial charge is 0.255 e. The van der Waals surface area contributed by atoms with Crippen LogP contribution in [0.3, 0.4) is 0 Å². The molecule has 4 aromatic rings. The fraction of sp³-hybridized carbons (Fsp3) is 0.130. The number of pyridine rings is 1. The highest BCUT2D eigenvalue weighted by atomic mass is 16.2. The maximum absolute atomic E-state index is 12.8. The van der Waals surface area contributed by atoms with Crippen LogP contribution in [0, 0.1) is 0 Å². The summed E-state index contributed by atoms with van der Waals surface area (Å²) in [4.78, 5) is 22.3. The quantitative estimate of drug-likeness (QED) is 0.580. The van der Waals surface area contributed by atoms with Gasteiger partial charge >= 0.3 is 0 Å². The van der Waals surface area contributed by atoms with Gasteiger partial charge < -0.3 is 9.88 Å². The minimum atomic E-state index is 0.0454. The molecule has 4 nitrogen and oxygen atoms in total. The monoisotopic (exact) mass is 353 g/mol. The van der Waals surface area contributed by atoms with Crippen LogP contribution in [-0.2, 0) is 13.0 Å². The van der Waals surface area contributed by atoms with Crippen molar-refractivity contribution in [3.8, 4) is 11.1 Å². The van der Waals surface area contributed by atoms with E-state index in [1.165, 1.54) is 27.8 Å². The number of hydrogen-bond donors (Lipinski definition) is 1. The summed E-state index contributed by atoms with van der Waals surface area (Å²) in [6, 6.07) is 20.6. The Balaban J connectivity index is 1.49. The van der Waals surface area contributed by atoms with Crippen molar-refractivity contribution in [3.63, 3.8) is 0 Å². The van der Waals surface area contributed by atoms with E-state index in [9.17, 15) is 4.79 Å². The molecule has 2 aromatic heterocycles. The highest BCUT2D eigenvalue weighted by molar-refractivity contribution is 5.95. The van der Waals surface area contributed by atoms with Crippen molar-refractivity contribution >= 4 is 16.8 Å². The molecule has 0 radical (unpaired) electrons. The predicted octanol–water partition coefficient (Wildman–Crippen LogP) is 4.43. The molecular weight excluding hydrogens is 334 g/mol. The molecule has 1 aliphatic rings. The predicted molar refractivity (Wildman–Crippen MR) is 106 cm³/mol. The fourth-order valence-corrected chi connectivity index (χ4v) is 3.88. The van der Waals surface area contributed by atoms with Crippen LogP contribution in [0.4, 0.5) is 0 Å². The second-order valence-electron chi connectivity index (χ2n) is 6.93. The van der Waals surface area contributed by atoms with Crippen molar-refractivity contribution in [3.05, 3.63) is 89.9 Å². The summed E-state index contributed by atoms with van der Waals surface area (Å²) >= 11 is 0. The number of nitrogens with zero attached hydrogens (tertiary/aromatic N) is 2. The molecule has 5 rings (SSSR count). The number of hydrogen-bond acceptors (Lipinski definition) is 2. The average molecular weight is 353 g/mol. The molecule has 0 atom stereocenters. The van der Waals surface area contributed by atoms with E-state index in [1.807, 2.05) is 17.0 Å². The Morgan fingerprint density at radius 1 is 1.00 bits per heavy atom. The van der Waals surface area contributed by atoms with Crippen molar-refractivity contribution in [2.24, 2.45) is 0 Å². The number of aromatic amines is 1. The normalized spacial score (nSPS) is 13.6. The lowest BCUT2D eigenvalue weighted by Gasteiger charge is -2.27. The molecule has 3 heterocycles. The molecule has 2 aromatic carbocycles. The second kappa shape index (κ2) is 6.40. The van der Waals surface area contributed by atoms with Crippen molar-refractivity contribution in [1.29, 1.82) is 0 Å². The molecule has 0 aliphatic carbocycles. The van der Waals surface area contributed by atoms with E-state index < -0.39 is 0 Å². The first kappa shape index (κ1) is 15.8. The van der Waals surface area contributed by atoms with Gasteiger partial charge in [0.25, 0.3) is 5.91 Å². The van der Waals surface area contributed by atoms with E-state index in [2.05, 4.69) is 52.4 Å². The summed E-state index contributed by atoms with van der Waals surface area (Å²) in [6.07, 6.45) is 4.17. The van der Waals surface area contributed by atoms with Crippen molar-refractivity contribution in [2.45, 2.75) is 13.0 Å². The van der Waals surface area contributed by atoms with Gasteiger partial charge in [-0.25, -0.2) is 0 Å². The van der Waals surface area contributed by atoms with E-state index >= 15 is 0 Å². The Labute approximate surface area is 157 Å². The summed E-state index contributed by atoms with van der Waals surface area (Å²) in [5, 5.41) is 1.20. The first-order valence-corrected chi connectivity index (χ1v) is 9.18. The highest BCUT2D eigenvalue weighted by Crippen LogP contribution is 2.31. The molecule has 1 aliphatic heterocycles. The van der Waals surface area contributed by atoms with E-state index in [0.29, 0.717) is 12.1 Å². The summed E-state index contributed by atoms with van der Waals surface area (Å²) in [5.41, 5.74) is 6.66. The number of benzene rings is 2. The van der Waals surface area contributed by atoms with Gasteiger partial charge in [-0.1, -0.05) is 42.5 Å². The number of H-pyrrole nitrogens is 1. The second-order valence-corrected chi connectivity index (χ2v) is 6.93. The lowest BCUT2D eigenvalue weighted by molar-refractivity contribution is 0.0734. The third kappa shape index (κ3) is 2.79. The lowest BCUT2D eigenvalue weighted by Crippen LogP contribution is -2.35. The summed E-state index contributed by atoms with van der Waals surface area (Å²) in [5.74, 6) is 0.0454. The Bertz CT molecular complexity index is 1120. The standard InChI is InChI=1S/C23H19N3O/c27-23(18-7-4-11-24-14-18)26-12-10-21-20(15-26)19-9-8-17(13-22(19)25-21)16-5-2-1-3-6-16/h1-9,11,13-14,25H,10,12,15H2. The van der Waals surface area contributed by atoms with Crippen molar-refractivity contribution < 1.29 is 4.79 Å². The van der Waals surface area contributed by atoms with Gasteiger partial charge in [-0.15, -0.1) is 0 Å². The summed E-state index contributed by atoms with van der Waals surface area (Å²) < 4.78 is 0. The molecular formula is C23H19N3O. The van der Waals surface area contributed by atoms with Gasteiger partial charge in [0.2, 0.25) is 0 Å². The number of rotatable bonds is 2. The van der Waals surface area contributed by atoms with Gasteiger partial charge in [0, 0.05) is 54.1 Å². The Kier molecular flexibility index (Phi) is 3.75. The summed E-state index contributed by atoms with van der Waals surface area (Å²) in [7, 11) is 0. The van der Waals surface area contributed by atoms with Gasteiger partial charge in [0.05, 0.1) is 5.56 Å². The zero-order valence-electron chi connectivity index (χ0n) is 14.9. The molecule has 0 saturated carbocycles. The molecule has 1 amide bonds. The molecule has 0 fully saturated rings. The van der Waals surface area contributed by atoms with E-state index in [4.69, 9.17) is 0 Å². The third-order valence-corrected chi connectivity index (χ3v) is 5.28. The van der Waals surface area contributed by atoms with Gasteiger partial charge in [-0.05, 0) is 29.3 Å². The molecule has 0 saturated heterocycles. The zero-order valence-corrected chi connectivity index (χ0v) is 14.9. The van der Waals surface area contributed by atoms with Gasteiger partial charge in [0.15, 0.2) is 0 Å². The number of amides is 1. The average Bonchev–Trinajstić information content (AvgIpc) is 3.11. The number of fused-ring (bicyclic) bond motifs is 3. The number of aromatic nitrogens is 2. The third-order valence-electron chi connectivity index (χ3n) is 5.28. The topological polar surface area (TPSA) is 49.0 Å². The van der Waals surface area contributed by atoms with Gasteiger partial charge in [0.1, 0.15) is 0 Å². The van der Waals surface area contributed by atoms with Crippen LogP contribution < -0.4 is 0 Å². The first-order valence-electron chi connectivity index (χ1n) is 9.18. The Hall–Kier alpha value is -3.40. The number of carbonyl (C=O) groups excluding carboxylic acids is 1. The fourth-order valence-electron chi connectivity index (χ4n) is 3.88. The zero-order chi connectivity index (χ0) is 18.2. The van der Waals surface area contributed by atoms with Crippen molar-refractivity contribution in [1.82, 2.24) is 14.9 Å². The minimum Gasteiger partial charge on any atom is -0.358 e. The van der Waals surface area contributed by atoms with E-state index in [-0.39, 0.29) is 5.91 Å². The Morgan fingerprint density at radius 2 is 1.89 bits per heavy atom. The molecule has 132 valence electrons. The molecule has 27 heavy (non-hydrogen) atoms. The molecule has 0 bridgehead atoms. The largest absolute Gasteiger partial charge is 0.358 e. The molecule has 4 heteroatoms. The van der Waals surface area contributed by atoms with Gasteiger partial charge in [-0.2, -0.15) is 0 Å². The van der Waals surface area contributed by atoms with Crippen LogP contribution in [0.15, 0.2) is 73.1 Å². The van der Waals surface area contributed by atoms with Crippen LogP contribution >= 0.6 is 0 Å².